The monoisotopic (exact) mass is 833 g/mol. The molecule has 1 aromatic heterocycles. The number of fused-ring (bicyclic) bond motifs is 11. The van der Waals surface area contributed by atoms with Crippen molar-refractivity contribution in [1.82, 2.24) is 20.4 Å². The van der Waals surface area contributed by atoms with Gasteiger partial charge in [-0.05, 0) is 74.5 Å². The molecule has 312 valence electrons. The molecule has 4 aromatic rings. The number of amides is 1. The lowest BCUT2D eigenvalue weighted by atomic mass is 9.71. The van der Waals surface area contributed by atoms with Crippen molar-refractivity contribution >= 4 is 34.8 Å². The minimum Gasteiger partial charge on any atom is -0.504 e. The molecule has 3 N–H and O–H groups in total. The largest absolute Gasteiger partial charge is 0.504 e. The summed E-state index contributed by atoms with van der Waals surface area (Å²) in [5.41, 5.74) is 6.49. The molecule has 14 nitrogen and oxygen atoms in total. The van der Waals surface area contributed by atoms with Gasteiger partial charge in [0.2, 0.25) is 6.79 Å². The first-order valence-corrected chi connectivity index (χ1v) is 21.4. The summed E-state index contributed by atoms with van der Waals surface area (Å²) in [5.74, 6) is 1.91. The normalized spacial score (nSPS) is 28.8. The van der Waals surface area contributed by atoms with E-state index in [1.165, 1.54) is 6.08 Å². The lowest BCUT2D eigenvalue weighted by Gasteiger charge is -2.62. The Labute approximate surface area is 351 Å². The van der Waals surface area contributed by atoms with E-state index in [4.69, 9.17) is 28.1 Å². The van der Waals surface area contributed by atoms with Gasteiger partial charge in [-0.3, -0.25) is 15.1 Å². The number of piperazine rings is 1. The van der Waals surface area contributed by atoms with Crippen molar-refractivity contribution < 1.29 is 42.8 Å². The van der Waals surface area contributed by atoms with E-state index >= 15 is 4.79 Å². The molecule has 7 aliphatic heterocycles. The lowest BCUT2D eigenvalue weighted by Crippen LogP contribution is -2.69. The van der Waals surface area contributed by atoms with Crippen molar-refractivity contribution in [2.24, 2.45) is 0 Å². The number of nitriles is 1. The fraction of sp³-hybridized carbons (Fsp3) is 0.444. The Morgan fingerprint density at radius 2 is 1.95 bits per heavy atom. The molecule has 60 heavy (non-hydrogen) atoms. The number of ether oxygens (including phenoxy) is 5. The van der Waals surface area contributed by atoms with E-state index in [9.17, 15) is 15.2 Å². The molecule has 0 unspecified atom stereocenters. The molecule has 1 amide bonds. The van der Waals surface area contributed by atoms with E-state index in [-0.39, 0.29) is 55.4 Å². The number of rotatable bonds is 5. The van der Waals surface area contributed by atoms with Gasteiger partial charge in [0.05, 0.1) is 25.3 Å². The molecule has 3 aromatic carbocycles. The zero-order chi connectivity index (χ0) is 41.8. The van der Waals surface area contributed by atoms with Gasteiger partial charge in [0.15, 0.2) is 28.5 Å². The van der Waals surface area contributed by atoms with E-state index in [0.717, 1.165) is 49.9 Å². The number of phenols is 1. The number of carbonyl (C=O) groups is 2. The van der Waals surface area contributed by atoms with Crippen LogP contribution in [0.25, 0.3) is 11.0 Å². The molecule has 1 spiro atoms. The Bertz CT molecular complexity index is 2530. The Morgan fingerprint density at radius 1 is 1.15 bits per heavy atom. The first kappa shape index (κ1) is 38.8. The molecule has 11 rings (SSSR count). The van der Waals surface area contributed by atoms with Crippen LogP contribution >= 0.6 is 11.8 Å². The highest BCUT2D eigenvalue weighted by molar-refractivity contribution is 7.99. The number of furan rings is 1. The number of methoxy groups -OCH3 is 1. The van der Waals surface area contributed by atoms with Crippen LogP contribution in [-0.4, -0.2) is 97.6 Å². The Morgan fingerprint density at radius 3 is 2.73 bits per heavy atom. The van der Waals surface area contributed by atoms with Crippen molar-refractivity contribution in [2.45, 2.75) is 80.7 Å². The molecule has 8 atom stereocenters. The maximum Gasteiger partial charge on any atom is 0.407 e. The van der Waals surface area contributed by atoms with Crippen LogP contribution in [-0.2, 0) is 32.6 Å². The van der Waals surface area contributed by atoms with Crippen molar-refractivity contribution in [2.75, 3.05) is 46.5 Å². The van der Waals surface area contributed by atoms with Gasteiger partial charge in [0.1, 0.15) is 30.6 Å². The van der Waals surface area contributed by atoms with Crippen LogP contribution in [0, 0.1) is 32.1 Å². The molecular formula is C45H47N5O9S. The number of carbonyl (C=O) groups excluding carboxylic acids is 2. The van der Waals surface area contributed by atoms with E-state index in [1.807, 2.05) is 45.2 Å². The van der Waals surface area contributed by atoms with Gasteiger partial charge in [-0.15, -0.1) is 11.8 Å². The summed E-state index contributed by atoms with van der Waals surface area (Å²) < 4.78 is 36.7. The van der Waals surface area contributed by atoms with Gasteiger partial charge in [-0.2, -0.15) is 5.26 Å². The van der Waals surface area contributed by atoms with Gasteiger partial charge in [0, 0.05) is 57.7 Å². The number of nitrogens with zero attached hydrogens (tertiary/aromatic N) is 3. The third-order valence-corrected chi connectivity index (χ3v) is 15.2. The second kappa shape index (κ2) is 14.4. The quantitative estimate of drug-likeness (QED) is 0.166. The molecule has 0 aliphatic carbocycles. The van der Waals surface area contributed by atoms with E-state index in [0.29, 0.717) is 41.4 Å². The van der Waals surface area contributed by atoms with E-state index in [1.54, 1.807) is 18.9 Å². The number of benzene rings is 3. The Balaban J connectivity index is 1.18. The second-order valence-electron chi connectivity index (χ2n) is 16.7. The molecule has 15 heteroatoms. The molecule has 8 heterocycles. The second-order valence-corrected chi connectivity index (χ2v) is 17.8. The van der Waals surface area contributed by atoms with Gasteiger partial charge < -0.3 is 38.5 Å². The molecule has 7 aliphatic rings. The summed E-state index contributed by atoms with van der Waals surface area (Å²) in [6.07, 6.45) is 1.91. The minimum absolute atomic E-state index is 0.0499. The number of aromatic hydroxyl groups is 1. The highest BCUT2D eigenvalue weighted by Gasteiger charge is 2.62. The van der Waals surface area contributed by atoms with Crippen LogP contribution in [0.4, 0.5) is 4.79 Å². The van der Waals surface area contributed by atoms with Crippen LogP contribution in [0.15, 0.2) is 47.4 Å². The number of aryl methyl sites for hydroxylation is 1. The van der Waals surface area contributed by atoms with Crippen LogP contribution in [0.1, 0.15) is 67.6 Å². The molecule has 2 fully saturated rings. The van der Waals surface area contributed by atoms with E-state index in [2.05, 4.69) is 46.1 Å². The predicted molar refractivity (Wildman–Crippen MR) is 221 cm³/mol. The summed E-state index contributed by atoms with van der Waals surface area (Å²) in [6.45, 7) is 9.87. The van der Waals surface area contributed by atoms with Crippen molar-refractivity contribution in [3.8, 4) is 29.1 Å². The van der Waals surface area contributed by atoms with Gasteiger partial charge in [-0.25, -0.2) is 9.59 Å². The maximum atomic E-state index is 15.2. The highest BCUT2D eigenvalue weighted by atomic mass is 32.2. The number of thioether (sulfide) groups is 1. The molecule has 4 bridgehead atoms. The van der Waals surface area contributed by atoms with Crippen LogP contribution in [0.5, 0.6) is 23.0 Å². The molecule has 0 saturated carbocycles. The number of esters is 1. The maximum absolute atomic E-state index is 15.2. The van der Waals surface area contributed by atoms with Crippen molar-refractivity contribution in [3.63, 3.8) is 0 Å². The summed E-state index contributed by atoms with van der Waals surface area (Å²) >= 11 is 1.59. The summed E-state index contributed by atoms with van der Waals surface area (Å²) in [7, 11) is 3.61. The summed E-state index contributed by atoms with van der Waals surface area (Å²) in [6, 6.07) is 9.84. The third-order valence-electron chi connectivity index (χ3n) is 13.7. The third kappa shape index (κ3) is 5.43. The van der Waals surface area contributed by atoms with Crippen molar-refractivity contribution in [1.29, 1.82) is 5.26 Å². The fourth-order valence-corrected chi connectivity index (χ4v) is 12.8. The smallest absolute Gasteiger partial charge is 0.407 e. The topological polar surface area (TPSA) is 168 Å². The standard InChI is InChI=1S/C45H47N5O9S/c1-7-12-55-44(53)47-17-25-15-27-26-10-8-9-11-31(26)59-42(27)45(48-25)19-60-41-32-22(3)23(4)39-40(58-20-57-39)34(32)30(18-56-43(45)52)50-29(16-46)28-14-24-13-21(2)38(54-6)37(51)33(24)35(36(41)50)49(28)5/h7-11,13,25,28-30,35-36,41,48,51H,1,12,14-15,17-20H2,2-6H3,(H,47,53)/t25-,28+,29+,30+,35-,36-,41-,45-/m1/s1. The number of nitrogens with one attached hydrogen (secondary N) is 2. The minimum atomic E-state index is -1.49. The Kier molecular flexibility index (Phi) is 9.29. The first-order chi connectivity index (χ1) is 29.0. The number of hydrogen-bond donors (Lipinski definition) is 3. The predicted octanol–water partition coefficient (Wildman–Crippen LogP) is 5.68. The SMILES string of the molecule is C=CCOC(=O)NC[C@H]1Cc2c(oc3ccccc23)[C@@]2(CS[C@@H]3c4c(C)c(C)c5c(c4[C@H](COC2=O)N2[C@@H]3[C@H]3c4c(cc(C)c(OC)c4O)C[C@@H]([C@@H]2C#N)N3C)OCO5)N1. The fourth-order valence-electron chi connectivity index (χ4n) is 11.1. The van der Waals surface area contributed by atoms with Gasteiger partial charge in [-0.1, -0.05) is 36.9 Å². The van der Waals surface area contributed by atoms with Crippen molar-refractivity contribution in [3.05, 3.63) is 93.3 Å². The first-order valence-electron chi connectivity index (χ1n) is 20.3. The van der Waals surface area contributed by atoms with Crippen LogP contribution in [0.3, 0.4) is 0 Å². The van der Waals surface area contributed by atoms with Crippen LogP contribution in [0.2, 0.25) is 0 Å². The Hall–Kier alpha value is -5.40. The number of likely N-dealkylation sites (N-methyl/N-ethyl adjacent to an activating group) is 1. The van der Waals surface area contributed by atoms with Gasteiger partial charge in [0.25, 0.3) is 0 Å². The number of hydrogen-bond acceptors (Lipinski definition) is 14. The average molecular weight is 834 g/mol. The summed E-state index contributed by atoms with van der Waals surface area (Å²) in [5, 5.41) is 30.4. The van der Waals surface area contributed by atoms with Crippen LogP contribution < -0.4 is 24.8 Å². The molecular weight excluding hydrogens is 787 g/mol. The number of phenolic OH excluding ortho intramolecular Hbond substituents is 1. The summed E-state index contributed by atoms with van der Waals surface area (Å²) in [4.78, 5) is 32.4. The van der Waals surface area contributed by atoms with Gasteiger partial charge >= 0.3 is 12.1 Å². The zero-order valence-corrected chi connectivity index (χ0v) is 34.9. The lowest BCUT2D eigenvalue weighted by molar-refractivity contribution is -0.158. The molecule has 0 radical (unpaired) electrons. The highest BCUT2D eigenvalue weighted by Crippen LogP contribution is 2.63. The number of para-hydroxylation sites is 1. The molecule has 2 saturated heterocycles. The zero-order valence-electron chi connectivity index (χ0n) is 34.1. The number of alkyl carbamates (subject to hydrolysis) is 1. The van der Waals surface area contributed by atoms with E-state index < -0.39 is 41.8 Å². The average Bonchev–Trinajstić information content (AvgIpc) is 3.89.